The number of carbonyl (C=O) groups excluding carboxylic acids is 2. The molecule has 0 heterocycles. The Kier molecular flexibility index (Phi) is 38.2. The van der Waals surface area contributed by atoms with Gasteiger partial charge in [0.2, 0.25) is 0 Å². The molecule has 0 saturated carbocycles. The van der Waals surface area contributed by atoms with Gasteiger partial charge in [0.1, 0.15) is 19.8 Å². The number of ether oxygens (including phenoxy) is 2. The summed E-state index contributed by atoms with van der Waals surface area (Å²) >= 11 is 0. The van der Waals surface area contributed by atoms with Crippen molar-refractivity contribution in [3.8, 4) is 0 Å². The van der Waals surface area contributed by atoms with E-state index in [1.54, 1.807) is 0 Å². The first kappa shape index (κ1) is 56.7. The molecule has 1 unspecified atom stereocenters. The zero-order valence-electron chi connectivity index (χ0n) is 38.0. The predicted molar refractivity (Wildman–Crippen MR) is 242 cm³/mol. The van der Waals surface area contributed by atoms with Gasteiger partial charge in [-0.1, -0.05) is 152 Å². The highest BCUT2D eigenvalue weighted by molar-refractivity contribution is 7.45. The van der Waals surface area contributed by atoms with E-state index in [9.17, 15) is 24.2 Å². The second-order valence-corrected chi connectivity index (χ2v) is 18.0. The molecule has 0 saturated heterocycles. The Morgan fingerprint density at radius 1 is 0.610 bits per heavy atom. The number of phosphoric ester groups is 1. The minimum Gasteiger partial charge on any atom is -0.756 e. The van der Waals surface area contributed by atoms with Gasteiger partial charge in [0.25, 0.3) is 7.82 Å². The molecule has 0 amide bonds. The molecule has 59 heavy (non-hydrogen) atoms. The van der Waals surface area contributed by atoms with Crippen LogP contribution in [0.2, 0.25) is 0 Å². The molecule has 3 atom stereocenters. The summed E-state index contributed by atoms with van der Waals surface area (Å²) in [5.74, 6) is -0.930. The summed E-state index contributed by atoms with van der Waals surface area (Å²) in [7, 11) is 1.10. The lowest BCUT2D eigenvalue weighted by Gasteiger charge is -2.28. The smallest absolute Gasteiger partial charge is 0.306 e. The number of likely N-dealkylation sites (N-methyl/N-ethyl adjacent to an activating group) is 1. The Balaban J connectivity index is 4.46. The molecule has 0 aromatic carbocycles. The van der Waals surface area contributed by atoms with Crippen molar-refractivity contribution in [1.82, 2.24) is 0 Å². The normalized spacial score (nSPS) is 14.6. The molecule has 0 aliphatic carbocycles. The fraction of sp³-hybridized carbons (Fsp3) is 0.750. The van der Waals surface area contributed by atoms with Gasteiger partial charge in [-0.2, -0.15) is 0 Å². The highest BCUT2D eigenvalue weighted by Crippen LogP contribution is 2.38. The van der Waals surface area contributed by atoms with Crippen LogP contribution < -0.4 is 4.89 Å². The second-order valence-electron chi connectivity index (χ2n) is 16.6. The summed E-state index contributed by atoms with van der Waals surface area (Å²) in [5, 5.41) is 9.82. The number of aliphatic hydroxyl groups excluding tert-OH is 1. The van der Waals surface area contributed by atoms with Gasteiger partial charge in [-0.05, 0) is 70.6 Å². The topological polar surface area (TPSA) is 131 Å². The number of hydrogen-bond donors (Lipinski definition) is 1. The number of aliphatic hydroxyl groups is 1. The third-order valence-electron chi connectivity index (χ3n) is 9.58. The van der Waals surface area contributed by atoms with Crippen LogP contribution in [0.1, 0.15) is 174 Å². The Morgan fingerprint density at radius 2 is 1.10 bits per heavy atom. The summed E-state index contributed by atoms with van der Waals surface area (Å²) < 4.78 is 33.8. The summed E-state index contributed by atoms with van der Waals surface area (Å²) in [6, 6.07) is 0. The first-order chi connectivity index (χ1) is 28.4. The summed E-state index contributed by atoms with van der Waals surface area (Å²) in [5.41, 5.74) is 0. The quantitative estimate of drug-likeness (QED) is 0.0210. The van der Waals surface area contributed by atoms with Gasteiger partial charge in [-0.15, -0.1) is 0 Å². The molecule has 0 spiro atoms. The Hall–Kier alpha value is -2.33. The van der Waals surface area contributed by atoms with E-state index in [0.717, 1.165) is 64.2 Å². The van der Waals surface area contributed by atoms with Gasteiger partial charge in [-0.3, -0.25) is 14.2 Å². The van der Waals surface area contributed by atoms with Crippen molar-refractivity contribution < 1.29 is 47.2 Å². The molecule has 0 fully saturated rings. The number of quaternary nitrogens is 1. The van der Waals surface area contributed by atoms with E-state index in [1.807, 2.05) is 39.4 Å². The van der Waals surface area contributed by atoms with Crippen LogP contribution in [0.15, 0.2) is 60.8 Å². The van der Waals surface area contributed by atoms with Crippen LogP contribution >= 0.6 is 7.82 Å². The van der Waals surface area contributed by atoms with Crippen LogP contribution in [-0.2, 0) is 32.7 Å². The van der Waals surface area contributed by atoms with Gasteiger partial charge in [0, 0.05) is 12.8 Å². The van der Waals surface area contributed by atoms with Gasteiger partial charge in [0.05, 0.1) is 33.9 Å². The fourth-order valence-electron chi connectivity index (χ4n) is 5.89. The van der Waals surface area contributed by atoms with Crippen LogP contribution in [0.25, 0.3) is 0 Å². The molecule has 0 aromatic rings. The van der Waals surface area contributed by atoms with Crippen molar-refractivity contribution in [1.29, 1.82) is 0 Å². The van der Waals surface area contributed by atoms with E-state index in [-0.39, 0.29) is 32.2 Å². The molecule has 0 aliphatic heterocycles. The van der Waals surface area contributed by atoms with Crippen LogP contribution in [0, 0.1) is 0 Å². The molecular formula is C48H86NO9P. The largest absolute Gasteiger partial charge is 0.756 e. The standard InChI is InChI=1S/C48H86NO9P/c1-6-8-10-11-12-13-14-15-16-17-18-19-24-27-30-33-36-40-48(52)58-46(44-57-59(53,54)56-42-41-49(3,4)5)43-55-47(51)39-35-32-29-26-23-21-20-22-25-28-31-34-38-45(50)37-9-7-2/h15-16,20-21,25-26,28-29,34,38,45-46,50H,6-14,17-19,22-24,27,30-33,35-37,39-44H2,1-5H3/b16-15-,21-20-,28-25-,29-26-,38-34-/t45-,46+/m0/s1. The van der Waals surface area contributed by atoms with Crippen molar-refractivity contribution in [2.24, 2.45) is 0 Å². The minimum absolute atomic E-state index is 0.0491. The van der Waals surface area contributed by atoms with Crippen LogP contribution in [-0.4, -0.2) is 81.2 Å². The SMILES string of the molecule is CCCCCCCC/C=C\CCCCCCCCCC(=O)O[C@H](COC(=O)CCC/C=C\C/C=C\C/C=C\C/C=C\[C@@H](O)CCCC)COP(=O)([O-])OCC[N+](C)(C)C. The third kappa shape index (κ3) is 43.6. The van der Waals surface area contributed by atoms with Crippen molar-refractivity contribution in [3.63, 3.8) is 0 Å². The molecule has 0 rings (SSSR count). The Labute approximate surface area is 360 Å². The van der Waals surface area contributed by atoms with E-state index < -0.39 is 32.5 Å². The number of unbranched alkanes of at least 4 members (excludes halogenated alkanes) is 15. The van der Waals surface area contributed by atoms with Gasteiger partial charge in [-0.25, -0.2) is 0 Å². The molecule has 342 valence electrons. The van der Waals surface area contributed by atoms with E-state index >= 15 is 0 Å². The lowest BCUT2D eigenvalue weighted by Crippen LogP contribution is -2.37. The number of esters is 2. The number of rotatable bonds is 41. The van der Waals surface area contributed by atoms with Crippen molar-refractivity contribution in [3.05, 3.63) is 60.8 Å². The van der Waals surface area contributed by atoms with Crippen molar-refractivity contribution >= 4 is 19.8 Å². The lowest BCUT2D eigenvalue weighted by molar-refractivity contribution is -0.870. The summed E-state index contributed by atoms with van der Waals surface area (Å²) in [6.45, 7) is 3.98. The lowest BCUT2D eigenvalue weighted by atomic mass is 10.1. The molecule has 10 nitrogen and oxygen atoms in total. The molecule has 1 N–H and O–H groups in total. The maximum atomic E-state index is 12.7. The maximum absolute atomic E-state index is 12.7. The Bertz CT molecular complexity index is 1210. The fourth-order valence-corrected chi connectivity index (χ4v) is 6.62. The second kappa shape index (κ2) is 39.8. The zero-order valence-corrected chi connectivity index (χ0v) is 38.9. The average molecular weight is 852 g/mol. The first-order valence-corrected chi connectivity index (χ1v) is 24.5. The monoisotopic (exact) mass is 852 g/mol. The van der Waals surface area contributed by atoms with E-state index in [4.69, 9.17) is 18.5 Å². The number of carbonyl (C=O) groups is 2. The molecule has 11 heteroatoms. The van der Waals surface area contributed by atoms with E-state index in [2.05, 4.69) is 56.4 Å². The van der Waals surface area contributed by atoms with Gasteiger partial charge >= 0.3 is 11.9 Å². The third-order valence-corrected chi connectivity index (χ3v) is 10.5. The van der Waals surface area contributed by atoms with E-state index in [0.29, 0.717) is 30.3 Å². The van der Waals surface area contributed by atoms with Crippen LogP contribution in [0.4, 0.5) is 0 Å². The van der Waals surface area contributed by atoms with Crippen LogP contribution in [0.5, 0.6) is 0 Å². The molecule has 0 aromatic heterocycles. The number of allylic oxidation sites excluding steroid dienone is 9. The van der Waals surface area contributed by atoms with Crippen LogP contribution in [0.3, 0.4) is 0 Å². The summed E-state index contributed by atoms with van der Waals surface area (Å²) in [6.07, 6.45) is 44.4. The number of nitrogens with zero attached hydrogens (tertiary/aromatic N) is 1. The Morgan fingerprint density at radius 3 is 1.69 bits per heavy atom. The zero-order chi connectivity index (χ0) is 43.7. The molecule has 0 aliphatic rings. The molecule has 0 bridgehead atoms. The van der Waals surface area contributed by atoms with Gasteiger partial charge in [0.15, 0.2) is 6.10 Å². The predicted octanol–water partition coefficient (Wildman–Crippen LogP) is 11.6. The van der Waals surface area contributed by atoms with Crippen molar-refractivity contribution in [2.75, 3.05) is 47.5 Å². The minimum atomic E-state index is -4.65. The highest BCUT2D eigenvalue weighted by Gasteiger charge is 2.21. The van der Waals surface area contributed by atoms with Gasteiger partial charge < -0.3 is 33.0 Å². The van der Waals surface area contributed by atoms with Crippen molar-refractivity contribution in [2.45, 2.75) is 187 Å². The van der Waals surface area contributed by atoms with E-state index in [1.165, 1.54) is 64.2 Å². The number of phosphoric acid groups is 1. The average Bonchev–Trinajstić information content (AvgIpc) is 3.18. The first-order valence-electron chi connectivity index (χ1n) is 23.1. The molecule has 0 radical (unpaired) electrons. The highest BCUT2D eigenvalue weighted by atomic mass is 31.2. The number of hydrogen-bond acceptors (Lipinski definition) is 9. The maximum Gasteiger partial charge on any atom is 0.306 e. The summed E-state index contributed by atoms with van der Waals surface area (Å²) in [4.78, 5) is 37.6. The molecular weight excluding hydrogens is 766 g/mol.